The van der Waals surface area contributed by atoms with Gasteiger partial charge in [0.15, 0.2) is 0 Å². The van der Waals surface area contributed by atoms with E-state index < -0.39 is 5.41 Å². The molecule has 0 saturated heterocycles. The first-order chi connectivity index (χ1) is 22.1. The first kappa shape index (κ1) is 26.0. The first-order valence-electron chi connectivity index (χ1n) is 15.8. The molecule has 0 amide bonds. The van der Waals surface area contributed by atoms with Gasteiger partial charge in [-0.25, -0.2) is 0 Å². The van der Waals surface area contributed by atoms with Crippen molar-refractivity contribution in [2.45, 2.75) is 24.7 Å². The van der Waals surface area contributed by atoms with Crippen LogP contribution in [0.3, 0.4) is 0 Å². The Labute approximate surface area is 264 Å². The molecule has 1 nitrogen and oxygen atoms in total. The average molecular weight is 577 g/mol. The normalized spacial score (nSPS) is 17.1. The van der Waals surface area contributed by atoms with Crippen LogP contribution in [0.25, 0.3) is 33.0 Å². The molecule has 1 aliphatic carbocycles. The molecule has 1 heteroatoms. The number of hydrogen-bond donors (Lipinski definition) is 0. The summed E-state index contributed by atoms with van der Waals surface area (Å²) in [7, 11) is 0. The molecule has 1 atom stereocenters. The topological polar surface area (TPSA) is 9.23 Å². The lowest BCUT2D eigenvalue weighted by atomic mass is 9.66. The van der Waals surface area contributed by atoms with Crippen LogP contribution in [0.2, 0.25) is 0 Å². The summed E-state index contributed by atoms with van der Waals surface area (Å²) >= 11 is 0. The number of rotatable bonds is 3. The maximum absolute atomic E-state index is 6.40. The molecule has 0 N–H and O–H groups in total. The molecule has 45 heavy (non-hydrogen) atoms. The monoisotopic (exact) mass is 576 g/mol. The van der Waals surface area contributed by atoms with E-state index in [1.807, 2.05) is 6.07 Å². The van der Waals surface area contributed by atoms with E-state index in [0.29, 0.717) is 0 Å². The molecule has 1 unspecified atom stereocenters. The number of para-hydroxylation sites is 1. The highest BCUT2D eigenvalue weighted by atomic mass is 16.5. The van der Waals surface area contributed by atoms with E-state index >= 15 is 0 Å². The molecular formula is C44H32O. The van der Waals surface area contributed by atoms with E-state index in [9.17, 15) is 0 Å². The lowest BCUT2D eigenvalue weighted by Crippen LogP contribution is -2.29. The number of ether oxygens (including phenoxy) is 1. The van der Waals surface area contributed by atoms with Gasteiger partial charge in [0, 0.05) is 16.5 Å². The fraction of sp³-hybridized carbons (Fsp3) is 0.0909. The van der Waals surface area contributed by atoms with Crippen molar-refractivity contribution < 1.29 is 4.74 Å². The van der Waals surface area contributed by atoms with Crippen molar-refractivity contribution in [1.82, 2.24) is 0 Å². The van der Waals surface area contributed by atoms with Crippen LogP contribution >= 0.6 is 0 Å². The first-order valence-corrected chi connectivity index (χ1v) is 15.8. The van der Waals surface area contributed by atoms with Gasteiger partial charge in [0.25, 0.3) is 0 Å². The highest BCUT2D eigenvalue weighted by molar-refractivity contribution is 6.00. The summed E-state index contributed by atoms with van der Waals surface area (Å²) in [5, 5.41) is 2.56. The summed E-state index contributed by atoms with van der Waals surface area (Å²) in [6.45, 7) is 4.60. The molecule has 7 aromatic carbocycles. The Hall–Kier alpha value is -5.40. The van der Waals surface area contributed by atoms with Gasteiger partial charge in [0.05, 0.1) is 5.41 Å². The van der Waals surface area contributed by atoms with Gasteiger partial charge in [-0.2, -0.15) is 0 Å². The Morgan fingerprint density at radius 3 is 2.02 bits per heavy atom. The molecule has 0 bridgehead atoms. The van der Waals surface area contributed by atoms with Gasteiger partial charge >= 0.3 is 0 Å². The lowest BCUT2D eigenvalue weighted by Gasteiger charge is -2.35. The molecule has 0 fully saturated rings. The van der Waals surface area contributed by atoms with E-state index in [1.165, 1.54) is 66.4 Å². The Kier molecular flexibility index (Phi) is 5.53. The van der Waals surface area contributed by atoms with Crippen LogP contribution in [-0.2, 0) is 10.8 Å². The van der Waals surface area contributed by atoms with Crippen LogP contribution in [-0.4, -0.2) is 0 Å². The molecule has 9 rings (SSSR count). The maximum Gasteiger partial charge on any atom is 0.131 e. The van der Waals surface area contributed by atoms with Crippen molar-refractivity contribution in [2.24, 2.45) is 0 Å². The van der Waals surface area contributed by atoms with Crippen LogP contribution in [0.4, 0.5) is 0 Å². The van der Waals surface area contributed by atoms with Crippen molar-refractivity contribution in [2.75, 3.05) is 0 Å². The smallest absolute Gasteiger partial charge is 0.131 e. The van der Waals surface area contributed by atoms with Gasteiger partial charge in [-0.15, -0.1) is 0 Å². The van der Waals surface area contributed by atoms with Gasteiger partial charge in [-0.3, -0.25) is 0 Å². The van der Waals surface area contributed by atoms with E-state index in [1.54, 1.807) is 0 Å². The van der Waals surface area contributed by atoms with E-state index in [2.05, 4.69) is 166 Å². The summed E-state index contributed by atoms with van der Waals surface area (Å²) < 4.78 is 6.40. The molecule has 1 aliphatic heterocycles. The van der Waals surface area contributed by atoms with Crippen LogP contribution in [0, 0.1) is 0 Å². The molecule has 1 heterocycles. The fourth-order valence-electron chi connectivity index (χ4n) is 8.09. The second-order valence-electron chi connectivity index (χ2n) is 12.9. The Morgan fingerprint density at radius 1 is 0.444 bits per heavy atom. The zero-order valence-electron chi connectivity index (χ0n) is 25.4. The summed E-state index contributed by atoms with van der Waals surface area (Å²) in [6, 6.07) is 57.9. The van der Waals surface area contributed by atoms with Gasteiger partial charge in [-0.1, -0.05) is 147 Å². The molecule has 0 spiro atoms. The SMILES string of the molecule is CC1(C)c2ccccc2Oc2ccc(-c3cccc(C4(c5ccccc5)c5ccccc5-c5ccc6ccccc6c54)c3)cc21. The zero-order valence-corrected chi connectivity index (χ0v) is 25.4. The maximum atomic E-state index is 6.40. The molecule has 0 aromatic heterocycles. The van der Waals surface area contributed by atoms with Crippen molar-refractivity contribution in [1.29, 1.82) is 0 Å². The third-order valence-corrected chi connectivity index (χ3v) is 10.2. The predicted molar refractivity (Wildman–Crippen MR) is 185 cm³/mol. The molecule has 0 radical (unpaired) electrons. The standard InChI is InChI=1S/C44H32O/c1-43(2)38-21-10-11-22-40(38)45-41-26-24-31(28-39(41)43)30-14-12-17-33(27-30)44(32-15-4-3-5-16-32)37-20-9-8-19-35(37)36-25-23-29-13-6-7-18-34(29)42(36)44/h3-28H,1-2H3. The average Bonchev–Trinajstić information content (AvgIpc) is 3.40. The van der Waals surface area contributed by atoms with Crippen LogP contribution in [0.15, 0.2) is 158 Å². The number of fused-ring (bicyclic) bond motifs is 7. The highest BCUT2D eigenvalue weighted by Gasteiger charge is 2.47. The zero-order chi connectivity index (χ0) is 30.2. The fourth-order valence-corrected chi connectivity index (χ4v) is 8.09. The minimum Gasteiger partial charge on any atom is -0.457 e. The molecule has 2 aliphatic rings. The quantitative estimate of drug-likeness (QED) is 0.203. The minimum atomic E-state index is -0.473. The summed E-state index contributed by atoms with van der Waals surface area (Å²) in [4.78, 5) is 0. The van der Waals surface area contributed by atoms with Crippen molar-refractivity contribution in [3.05, 3.63) is 191 Å². The van der Waals surface area contributed by atoms with Gasteiger partial charge in [0.2, 0.25) is 0 Å². The largest absolute Gasteiger partial charge is 0.457 e. The van der Waals surface area contributed by atoms with Gasteiger partial charge in [0.1, 0.15) is 11.5 Å². The Morgan fingerprint density at radius 2 is 1.13 bits per heavy atom. The molecular weight excluding hydrogens is 544 g/mol. The van der Waals surface area contributed by atoms with Gasteiger partial charge < -0.3 is 4.74 Å². The van der Waals surface area contributed by atoms with Crippen LogP contribution in [0.1, 0.15) is 47.2 Å². The van der Waals surface area contributed by atoms with Crippen LogP contribution < -0.4 is 4.74 Å². The van der Waals surface area contributed by atoms with Crippen LogP contribution in [0.5, 0.6) is 11.5 Å². The van der Waals surface area contributed by atoms with Crippen molar-refractivity contribution >= 4 is 10.8 Å². The second kappa shape index (κ2) is 9.55. The molecule has 7 aromatic rings. The number of benzene rings is 7. The highest BCUT2D eigenvalue weighted by Crippen LogP contribution is 2.58. The minimum absolute atomic E-state index is 0.175. The summed E-state index contributed by atoms with van der Waals surface area (Å²) in [5.74, 6) is 1.88. The predicted octanol–water partition coefficient (Wildman–Crippen LogP) is 11.3. The van der Waals surface area contributed by atoms with Crippen molar-refractivity contribution in [3.63, 3.8) is 0 Å². The number of hydrogen-bond acceptors (Lipinski definition) is 1. The Bertz CT molecular complexity index is 2280. The molecule has 0 saturated carbocycles. The van der Waals surface area contributed by atoms with E-state index in [4.69, 9.17) is 4.74 Å². The Balaban J connectivity index is 1.30. The van der Waals surface area contributed by atoms with Gasteiger partial charge in [-0.05, 0) is 79.5 Å². The molecule has 214 valence electrons. The van der Waals surface area contributed by atoms with Crippen molar-refractivity contribution in [3.8, 4) is 33.8 Å². The summed E-state index contributed by atoms with van der Waals surface area (Å²) in [5.41, 5.74) is 12.0. The summed E-state index contributed by atoms with van der Waals surface area (Å²) in [6.07, 6.45) is 0. The third-order valence-electron chi connectivity index (χ3n) is 10.2. The lowest BCUT2D eigenvalue weighted by molar-refractivity contribution is 0.418. The second-order valence-corrected chi connectivity index (χ2v) is 12.9. The third kappa shape index (κ3) is 3.61. The van der Waals surface area contributed by atoms with E-state index in [0.717, 1.165) is 11.5 Å². The van der Waals surface area contributed by atoms with E-state index in [-0.39, 0.29) is 5.41 Å².